The van der Waals surface area contributed by atoms with Crippen LogP contribution in [-0.2, 0) is 4.79 Å². The maximum absolute atomic E-state index is 12.2. The summed E-state index contributed by atoms with van der Waals surface area (Å²) in [4.78, 5) is 16.2. The molecule has 1 aromatic heterocycles. The minimum atomic E-state index is -0.0484. The van der Waals surface area contributed by atoms with Gasteiger partial charge >= 0.3 is 0 Å². The van der Waals surface area contributed by atoms with Crippen molar-refractivity contribution in [3.8, 4) is 6.07 Å². The number of carbonyl (C=O) groups excluding carboxylic acids is 1. The molecule has 20 heavy (non-hydrogen) atoms. The average molecular weight is 289 g/mol. The first-order valence-corrected chi connectivity index (χ1v) is 7.48. The Hall–Kier alpha value is -1.54. The predicted octanol–water partition coefficient (Wildman–Crippen LogP) is 2.50. The van der Waals surface area contributed by atoms with Crippen molar-refractivity contribution in [2.75, 3.05) is 6.54 Å². The highest BCUT2D eigenvalue weighted by Crippen LogP contribution is 2.42. The maximum atomic E-state index is 12.2. The highest BCUT2D eigenvalue weighted by Gasteiger charge is 2.35. The summed E-state index contributed by atoms with van der Waals surface area (Å²) in [5.74, 6) is 0.158. The zero-order valence-corrected chi connectivity index (χ0v) is 12.2. The summed E-state index contributed by atoms with van der Waals surface area (Å²) in [5.41, 5.74) is 1.10. The van der Waals surface area contributed by atoms with E-state index in [1.165, 1.54) is 0 Å². The smallest absolute Gasteiger partial charge is 0.224 e. The van der Waals surface area contributed by atoms with Gasteiger partial charge in [0.1, 0.15) is 6.54 Å². The van der Waals surface area contributed by atoms with Gasteiger partial charge in [0.15, 0.2) is 0 Å². The SMILES string of the molecule is N#CCNC(=O)C1CCCCC1C(S)c1ccncc1. The first kappa shape index (κ1) is 14.9. The van der Waals surface area contributed by atoms with Gasteiger partial charge in [0, 0.05) is 23.6 Å². The molecule has 1 heterocycles. The number of nitriles is 1. The van der Waals surface area contributed by atoms with Crippen molar-refractivity contribution in [3.05, 3.63) is 30.1 Å². The molecular formula is C15H19N3OS. The number of nitrogens with one attached hydrogen (secondary N) is 1. The molecule has 0 bridgehead atoms. The molecule has 3 atom stereocenters. The first-order valence-electron chi connectivity index (χ1n) is 6.96. The van der Waals surface area contributed by atoms with Crippen LogP contribution in [-0.4, -0.2) is 17.4 Å². The van der Waals surface area contributed by atoms with Crippen LogP contribution in [0.2, 0.25) is 0 Å². The van der Waals surface area contributed by atoms with Crippen molar-refractivity contribution in [1.29, 1.82) is 5.26 Å². The molecule has 3 unspecified atom stereocenters. The number of thiol groups is 1. The van der Waals surface area contributed by atoms with Gasteiger partial charge in [0.05, 0.1) is 6.07 Å². The van der Waals surface area contributed by atoms with E-state index in [9.17, 15) is 4.79 Å². The summed E-state index contributed by atoms with van der Waals surface area (Å²) < 4.78 is 0. The van der Waals surface area contributed by atoms with E-state index in [0.717, 1.165) is 31.2 Å². The van der Waals surface area contributed by atoms with Gasteiger partial charge in [-0.25, -0.2) is 0 Å². The number of aromatic nitrogens is 1. The Morgan fingerprint density at radius 2 is 2.15 bits per heavy atom. The van der Waals surface area contributed by atoms with E-state index in [4.69, 9.17) is 17.9 Å². The molecular weight excluding hydrogens is 270 g/mol. The lowest BCUT2D eigenvalue weighted by atomic mass is 9.75. The van der Waals surface area contributed by atoms with E-state index < -0.39 is 0 Å². The Morgan fingerprint density at radius 3 is 2.85 bits per heavy atom. The van der Waals surface area contributed by atoms with Crippen molar-refractivity contribution in [3.63, 3.8) is 0 Å². The van der Waals surface area contributed by atoms with E-state index >= 15 is 0 Å². The minimum Gasteiger partial charge on any atom is -0.343 e. The second-order valence-electron chi connectivity index (χ2n) is 5.16. The molecule has 1 saturated carbocycles. The molecule has 0 aromatic carbocycles. The lowest BCUT2D eigenvalue weighted by Gasteiger charge is -2.34. The van der Waals surface area contributed by atoms with Gasteiger partial charge in [-0.05, 0) is 36.5 Å². The molecule has 1 aliphatic carbocycles. The molecule has 1 fully saturated rings. The third kappa shape index (κ3) is 3.51. The molecule has 0 radical (unpaired) electrons. The van der Waals surface area contributed by atoms with Crippen LogP contribution in [0.5, 0.6) is 0 Å². The molecule has 106 valence electrons. The number of hydrogen-bond acceptors (Lipinski definition) is 4. The summed E-state index contributed by atoms with van der Waals surface area (Å²) in [6.07, 6.45) is 7.59. The van der Waals surface area contributed by atoms with Gasteiger partial charge in [-0.2, -0.15) is 17.9 Å². The summed E-state index contributed by atoms with van der Waals surface area (Å²) >= 11 is 4.73. The van der Waals surface area contributed by atoms with E-state index in [0.29, 0.717) is 0 Å². The summed E-state index contributed by atoms with van der Waals surface area (Å²) in [7, 11) is 0. The molecule has 1 N–H and O–H groups in total. The lowest BCUT2D eigenvalue weighted by molar-refractivity contribution is -0.127. The molecule has 0 spiro atoms. The molecule has 1 aromatic rings. The third-order valence-electron chi connectivity index (χ3n) is 3.95. The Bertz CT molecular complexity index is 486. The minimum absolute atomic E-state index is 0.00986. The predicted molar refractivity (Wildman–Crippen MR) is 80.0 cm³/mol. The number of nitrogens with zero attached hydrogens (tertiary/aromatic N) is 2. The highest BCUT2D eigenvalue weighted by atomic mass is 32.1. The molecule has 0 aliphatic heterocycles. The van der Waals surface area contributed by atoms with E-state index in [1.54, 1.807) is 12.4 Å². The topological polar surface area (TPSA) is 65.8 Å². The van der Waals surface area contributed by atoms with E-state index in [-0.39, 0.29) is 29.5 Å². The van der Waals surface area contributed by atoms with Crippen LogP contribution in [0, 0.1) is 23.2 Å². The molecule has 2 rings (SSSR count). The lowest BCUT2D eigenvalue weighted by Crippen LogP contribution is -2.38. The fourth-order valence-corrected chi connectivity index (χ4v) is 3.46. The van der Waals surface area contributed by atoms with Gasteiger partial charge in [-0.1, -0.05) is 12.8 Å². The van der Waals surface area contributed by atoms with Gasteiger partial charge < -0.3 is 5.32 Å². The number of hydrogen-bond donors (Lipinski definition) is 2. The third-order valence-corrected chi connectivity index (χ3v) is 4.63. The highest BCUT2D eigenvalue weighted by molar-refractivity contribution is 7.80. The van der Waals surface area contributed by atoms with Crippen LogP contribution in [0.25, 0.3) is 0 Å². The first-order chi connectivity index (χ1) is 9.74. The van der Waals surface area contributed by atoms with Crippen LogP contribution in [0.1, 0.15) is 36.5 Å². The normalized spacial score (nSPS) is 23.6. The fourth-order valence-electron chi connectivity index (χ4n) is 2.93. The zero-order valence-electron chi connectivity index (χ0n) is 11.3. The van der Waals surface area contributed by atoms with Gasteiger partial charge in [0.25, 0.3) is 0 Å². The Kier molecular flexibility index (Phi) is 5.42. The zero-order chi connectivity index (χ0) is 14.4. The fraction of sp³-hybridized carbons (Fsp3) is 0.533. The van der Waals surface area contributed by atoms with Crippen molar-refractivity contribution in [2.24, 2.45) is 11.8 Å². The van der Waals surface area contributed by atoms with Crippen molar-refractivity contribution in [1.82, 2.24) is 10.3 Å². The standard InChI is InChI=1S/C15H19N3OS/c16-7-10-18-15(19)13-4-2-1-3-12(13)14(20)11-5-8-17-9-6-11/h5-6,8-9,12-14,20H,1-4,10H2,(H,18,19). The number of carbonyl (C=O) groups is 1. The van der Waals surface area contributed by atoms with Crippen LogP contribution in [0.15, 0.2) is 24.5 Å². The van der Waals surface area contributed by atoms with Crippen LogP contribution in [0.3, 0.4) is 0 Å². The quantitative estimate of drug-likeness (QED) is 0.661. The number of pyridine rings is 1. The Morgan fingerprint density at radius 1 is 1.45 bits per heavy atom. The summed E-state index contributed by atoms with van der Waals surface area (Å²) in [5, 5.41) is 11.3. The van der Waals surface area contributed by atoms with Crippen LogP contribution >= 0.6 is 12.6 Å². The largest absolute Gasteiger partial charge is 0.343 e. The molecule has 5 heteroatoms. The Labute approximate surface area is 125 Å². The van der Waals surface area contributed by atoms with Crippen LogP contribution in [0.4, 0.5) is 0 Å². The number of rotatable bonds is 4. The van der Waals surface area contributed by atoms with Gasteiger partial charge in [-0.15, -0.1) is 0 Å². The second kappa shape index (κ2) is 7.30. The van der Waals surface area contributed by atoms with Crippen LogP contribution < -0.4 is 5.32 Å². The second-order valence-corrected chi connectivity index (χ2v) is 5.71. The van der Waals surface area contributed by atoms with Gasteiger partial charge in [0.2, 0.25) is 5.91 Å². The van der Waals surface area contributed by atoms with E-state index in [2.05, 4.69) is 10.3 Å². The summed E-state index contributed by atoms with van der Waals surface area (Å²) in [6, 6.07) is 5.86. The Balaban J connectivity index is 2.10. The van der Waals surface area contributed by atoms with E-state index in [1.807, 2.05) is 18.2 Å². The molecule has 4 nitrogen and oxygen atoms in total. The van der Waals surface area contributed by atoms with Gasteiger partial charge in [-0.3, -0.25) is 9.78 Å². The van der Waals surface area contributed by atoms with Crippen molar-refractivity contribution < 1.29 is 4.79 Å². The molecule has 1 amide bonds. The average Bonchev–Trinajstić information content (AvgIpc) is 2.52. The summed E-state index contributed by atoms with van der Waals surface area (Å²) in [6.45, 7) is 0.0779. The number of amides is 1. The molecule has 1 aliphatic rings. The molecule has 0 saturated heterocycles. The maximum Gasteiger partial charge on any atom is 0.224 e. The van der Waals surface area contributed by atoms with Crippen molar-refractivity contribution >= 4 is 18.5 Å². The monoisotopic (exact) mass is 289 g/mol. The van der Waals surface area contributed by atoms with Crippen molar-refractivity contribution in [2.45, 2.75) is 30.9 Å².